The second-order valence-electron chi connectivity index (χ2n) is 10.6. The first-order valence-electron chi connectivity index (χ1n) is 14.2. The molecule has 0 aliphatic heterocycles. The van der Waals surface area contributed by atoms with Gasteiger partial charge in [-0.3, -0.25) is 0 Å². The van der Waals surface area contributed by atoms with E-state index in [0.29, 0.717) is 43.6 Å². The van der Waals surface area contributed by atoms with Crippen molar-refractivity contribution in [2.75, 3.05) is 6.61 Å². The first kappa shape index (κ1) is 27.2. The van der Waals surface area contributed by atoms with Gasteiger partial charge in [-0.15, -0.1) is 0 Å². The van der Waals surface area contributed by atoms with Gasteiger partial charge in [0.1, 0.15) is 23.0 Å². The van der Waals surface area contributed by atoms with Crippen molar-refractivity contribution < 1.29 is 24.5 Å². The minimum atomic E-state index is -0.461. The fourth-order valence-corrected chi connectivity index (χ4v) is 5.70. The number of carbonyl (C=O) groups is 1. The fourth-order valence-electron chi connectivity index (χ4n) is 5.70. The molecule has 0 radical (unpaired) electrons. The summed E-state index contributed by atoms with van der Waals surface area (Å²) < 4.78 is 12.2. The van der Waals surface area contributed by atoms with Crippen molar-refractivity contribution in [3.8, 4) is 23.0 Å². The zero-order valence-electron chi connectivity index (χ0n) is 23.5. The Balaban J connectivity index is 1.52. The molecule has 5 heteroatoms. The third-order valence-electron chi connectivity index (χ3n) is 7.78. The normalized spacial score (nSPS) is 12.4. The van der Waals surface area contributed by atoms with Crippen molar-refractivity contribution in [2.45, 2.75) is 32.6 Å². The fraction of sp³-hybridized carbons (Fsp3) is 0.162. The highest BCUT2D eigenvalue weighted by Crippen LogP contribution is 2.38. The van der Waals surface area contributed by atoms with Gasteiger partial charge in [-0.25, -0.2) is 4.79 Å². The molecule has 0 saturated carbocycles. The highest BCUT2D eigenvalue weighted by Gasteiger charge is 2.21. The Morgan fingerprint density at radius 3 is 1.33 bits per heavy atom. The maximum absolute atomic E-state index is 13.2. The van der Waals surface area contributed by atoms with E-state index in [4.69, 9.17) is 9.47 Å². The van der Waals surface area contributed by atoms with E-state index < -0.39 is 5.97 Å². The molecule has 1 aliphatic carbocycles. The van der Waals surface area contributed by atoms with Crippen LogP contribution in [0.25, 0.3) is 0 Å². The van der Waals surface area contributed by atoms with Gasteiger partial charge in [0.2, 0.25) is 0 Å². The van der Waals surface area contributed by atoms with Crippen molar-refractivity contribution in [1.82, 2.24) is 0 Å². The molecule has 2 N–H and O–H groups in total. The smallest absolute Gasteiger partial charge is 0.343 e. The molecule has 0 saturated heterocycles. The number of hydrogen-bond donors (Lipinski definition) is 2. The van der Waals surface area contributed by atoms with E-state index >= 15 is 0 Å². The summed E-state index contributed by atoms with van der Waals surface area (Å²) in [6.45, 7) is 2.46. The van der Waals surface area contributed by atoms with Crippen LogP contribution < -0.4 is 9.47 Å². The highest BCUT2D eigenvalue weighted by molar-refractivity contribution is 5.91. The minimum absolute atomic E-state index is 0.214. The number of phenolic OH excluding ortho intramolecular Hbond substituents is 2. The summed E-state index contributed by atoms with van der Waals surface area (Å²) in [5.41, 5.74) is 6.92. The topological polar surface area (TPSA) is 76.0 Å². The summed E-state index contributed by atoms with van der Waals surface area (Å²) in [7, 11) is 0. The molecule has 5 aromatic rings. The van der Waals surface area contributed by atoms with Crippen molar-refractivity contribution in [3.05, 3.63) is 153 Å². The Bertz CT molecular complexity index is 1660. The number of benzene rings is 5. The second kappa shape index (κ2) is 11.8. The predicted octanol–water partition coefficient (Wildman–Crippen LogP) is 7.39. The Kier molecular flexibility index (Phi) is 7.65. The summed E-state index contributed by atoms with van der Waals surface area (Å²) in [4.78, 5) is 13.2. The van der Waals surface area contributed by atoms with Gasteiger partial charge < -0.3 is 19.7 Å². The Hall–Kier alpha value is -5.03. The number of hydrogen-bond acceptors (Lipinski definition) is 5. The summed E-state index contributed by atoms with van der Waals surface area (Å²) >= 11 is 0. The molecule has 0 aromatic heterocycles. The molecule has 1 aliphatic rings. The van der Waals surface area contributed by atoms with E-state index in [0.717, 1.165) is 50.3 Å². The molecule has 0 unspecified atom stereocenters. The van der Waals surface area contributed by atoms with E-state index in [9.17, 15) is 15.0 Å². The van der Waals surface area contributed by atoms with E-state index in [1.54, 1.807) is 24.3 Å². The van der Waals surface area contributed by atoms with E-state index in [1.807, 2.05) is 85.8 Å². The SMILES string of the molecule is CCOc1c2cccc1Cc1cccc(c1O)Cc1cccc(c1OC(=O)c1ccccc1)Cc1cccc(c1O)C2. The number of rotatable bonds is 4. The summed E-state index contributed by atoms with van der Waals surface area (Å²) in [5.74, 6) is 1.19. The quantitative estimate of drug-likeness (QED) is 0.175. The second-order valence-corrected chi connectivity index (χ2v) is 10.6. The molecular formula is C37H32O5. The maximum Gasteiger partial charge on any atom is 0.343 e. The van der Waals surface area contributed by atoms with Crippen LogP contribution >= 0.6 is 0 Å². The Morgan fingerprint density at radius 1 is 0.548 bits per heavy atom. The molecule has 5 nitrogen and oxygen atoms in total. The molecule has 42 heavy (non-hydrogen) atoms. The van der Waals surface area contributed by atoms with Crippen LogP contribution in [0.4, 0.5) is 0 Å². The number of fused-ring (bicyclic) bond motifs is 8. The lowest BCUT2D eigenvalue weighted by Crippen LogP contribution is -2.12. The molecule has 210 valence electrons. The average molecular weight is 557 g/mol. The van der Waals surface area contributed by atoms with Gasteiger partial charge in [0.15, 0.2) is 0 Å². The summed E-state index contributed by atoms with van der Waals surface area (Å²) in [5, 5.41) is 22.9. The monoisotopic (exact) mass is 556 g/mol. The van der Waals surface area contributed by atoms with Crippen molar-refractivity contribution in [2.24, 2.45) is 0 Å². The molecule has 0 amide bonds. The maximum atomic E-state index is 13.2. The van der Waals surface area contributed by atoms with Gasteiger partial charge in [-0.05, 0) is 63.6 Å². The van der Waals surface area contributed by atoms with Gasteiger partial charge >= 0.3 is 5.97 Å². The largest absolute Gasteiger partial charge is 0.507 e. The van der Waals surface area contributed by atoms with Crippen molar-refractivity contribution in [1.29, 1.82) is 0 Å². The number of esters is 1. The number of aromatic hydroxyl groups is 2. The van der Waals surface area contributed by atoms with Crippen LogP contribution in [0.3, 0.4) is 0 Å². The molecular weight excluding hydrogens is 524 g/mol. The third-order valence-corrected chi connectivity index (χ3v) is 7.78. The van der Waals surface area contributed by atoms with E-state index in [1.165, 1.54) is 0 Å². The van der Waals surface area contributed by atoms with Crippen LogP contribution in [-0.4, -0.2) is 22.8 Å². The third kappa shape index (κ3) is 5.46. The van der Waals surface area contributed by atoms with Gasteiger partial charge in [0, 0.05) is 25.7 Å². The Labute approximate surface area is 245 Å². The van der Waals surface area contributed by atoms with Gasteiger partial charge in [0.25, 0.3) is 0 Å². The summed E-state index contributed by atoms with van der Waals surface area (Å²) in [6.07, 6.45) is 1.67. The first-order chi connectivity index (χ1) is 20.5. The van der Waals surface area contributed by atoms with Crippen LogP contribution in [-0.2, 0) is 25.7 Å². The standard InChI is InChI=1S/C37H32O5/c1-2-41-35-29-16-8-17-30(35)21-26-13-7-15-28(34(26)39)23-32-19-9-18-31(22-27-14-6-12-25(20-29)33(27)38)36(32)42-37(40)24-10-4-3-5-11-24/h3-19,38-39H,2,20-23H2,1H3. The van der Waals surface area contributed by atoms with Gasteiger partial charge in [0.05, 0.1) is 12.2 Å². The number of carbonyl (C=O) groups excluding carboxylic acids is 1. The average Bonchev–Trinajstić information content (AvgIpc) is 3.00. The highest BCUT2D eigenvalue weighted by atomic mass is 16.5. The van der Waals surface area contributed by atoms with E-state index in [2.05, 4.69) is 0 Å². The number of ether oxygens (including phenoxy) is 2. The lowest BCUT2D eigenvalue weighted by atomic mass is 9.91. The van der Waals surface area contributed by atoms with Crippen LogP contribution in [0.1, 0.15) is 61.8 Å². The zero-order chi connectivity index (χ0) is 29.1. The molecule has 0 spiro atoms. The van der Waals surface area contributed by atoms with Crippen molar-refractivity contribution >= 4 is 5.97 Å². The van der Waals surface area contributed by atoms with Gasteiger partial charge in [-0.2, -0.15) is 0 Å². The van der Waals surface area contributed by atoms with Crippen LogP contribution in [0, 0.1) is 0 Å². The molecule has 0 fully saturated rings. The minimum Gasteiger partial charge on any atom is -0.507 e. The Morgan fingerprint density at radius 2 is 0.929 bits per heavy atom. The molecule has 0 atom stereocenters. The first-order valence-corrected chi connectivity index (χ1v) is 14.2. The van der Waals surface area contributed by atoms with Crippen molar-refractivity contribution in [3.63, 3.8) is 0 Å². The molecule has 0 heterocycles. The van der Waals surface area contributed by atoms with Gasteiger partial charge in [-0.1, -0.05) is 91.0 Å². The summed E-state index contributed by atoms with van der Waals surface area (Å²) in [6, 6.07) is 32.2. The molecule has 6 rings (SSSR count). The lowest BCUT2D eigenvalue weighted by Gasteiger charge is -2.20. The number of phenols is 2. The van der Waals surface area contributed by atoms with E-state index in [-0.39, 0.29) is 11.5 Å². The lowest BCUT2D eigenvalue weighted by molar-refractivity contribution is 0.0731. The zero-order valence-corrected chi connectivity index (χ0v) is 23.5. The predicted molar refractivity (Wildman–Crippen MR) is 163 cm³/mol. The molecule has 5 aromatic carbocycles. The number of para-hydroxylation sites is 4. The van der Waals surface area contributed by atoms with Crippen LogP contribution in [0.5, 0.6) is 23.0 Å². The molecule has 8 bridgehead atoms. The van der Waals surface area contributed by atoms with Crippen LogP contribution in [0.2, 0.25) is 0 Å². The van der Waals surface area contributed by atoms with Crippen LogP contribution in [0.15, 0.2) is 103 Å².